The molecule has 0 saturated heterocycles. The Hall–Kier alpha value is -2.71. The van der Waals surface area contributed by atoms with E-state index in [0.29, 0.717) is 27.4 Å². The van der Waals surface area contributed by atoms with Crippen molar-refractivity contribution in [2.75, 3.05) is 6.26 Å². The summed E-state index contributed by atoms with van der Waals surface area (Å²) < 4.78 is 1.23. The summed E-state index contributed by atoms with van der Waals surface area (Å²) in [6, 6.07) is 8.57. The molecule has 7 nitrogen and oxygen atoms in total. The Bertz CT molecular complexity index is 1140. The maximum Gasteiger partial charge on any atom is 0.283 e. The normalized spacial score (nSPS) is 11.1. The van der Waals surface area contributed by atoms with Gasteiger partial charge in [-0.3, -0.25) is 4.79 Å². The molecule has 0 aliphatic rings. The first-order valence-electron chi connectivity index (χ1n) is 7.27. The van der Waals surface area contributed by atoms with E-state index in [2.05, 4.69) is 25.0 Å². The number of benzene rings is 1. The highest BCUT2D eigenvalue weighted by molar-refractivity contribution is 7.98. The van der Waals surface area contributed by atoms with E-state index < -0.39 is 0 Å². The van der Waals surface area contributed by atoms with Crippen LogP contribution in [-0.4, -0.2) is 36.0 Å². The highest BCUT2D eigenvalue weighted by Gasteiger charge is 2.13. The molecule has 3 aromatic heterocycles. The lowest BCUT2D eigenvalue weighted by molar-refractivity contribution is 0.758. The van der Waals surface area contributed by atoms with Gasteiger partial charge in [-0.2, -0.15) is 9.78 Å². The molecule has 0 spiro atoms. The second-order valence-corrected chi connectivity index (χ2v) is 6.32. The smallest absolute Gasteiger partial charge is 0.283 e. The van der Waals surface area contributed by atoms with E-state index in [4.69, 9.17) is 11.6 Å². The van der Waals surface area contributed by atoms with Gasteiger partial charge in [0.2, 0.25) is 0 Å². The van der Waals surface area contributed by atoms with E-state index in [1.54, 1.807) is 36.5 Å². The molecular weight excluding hydrogens is 360 g/mol. The van der Waals surface area contributed by atoms with Crippen molar-refractivity contribution in [1.82, 2.24) is 29.7 Å². The number of nitrogens with one attached hydrogen (secondary N) is 1. The summed E-state index contributed by atoms with van der Waals surface area (Å²) in [6.07, 6.45) is 5.00. The van der Waals surface area contributed by atoms with Crippen LogP contribution in [0.5, 0.6) is 0 Å². The van der Waals surface area contributed by atoms with Crippen molar-refractivity contribution < 1.29 is 0 Å². The lowest BCUT2D eigenvalue weighted by atomic mass is 10.3. The monoisotopic (exact) mass is 370 g/mol. The standard InChI is InChI=1S/C16H11ClN6OS/c1-25-16-18-6-5-13(22-16)23-15(24)10(4-7-19-23)14-20-11-3-2-9(17)8-12(11)21-14/h2-8H,1H3,(H,20,21). The molecule has 0 aliphatic carbocycles. The van der Waals surface area contributed by atoms with Crippen molar-refractivity contribution in [3.8, 4) is 17.2 Å². The quantitative estimate of drug-likeness (QED) is 0.440. The van der Waals surface area contributed by atoms with Gasteiger partial charge >= 0.3 is 0 Å². The molecule has 0 aliphatic heterocycles. The molecule has 0 radical (unpaired) electrons. The Labute approximate surface area is 151 Å². The first-order valence-corrected chi connectivity index (χ1v) is 8.87. The summed E-state index contributed by atoms with van der Waals surface area (Å²) in [7, 11) is 0. The molecule has 0 atom stereocenters. The van der Waals surface area contributed by atoms with Crippen LogP contribution < -0.4 is 5.56 Å². The van der Waals surface area contributed by atoms with Gasteiger partial charge in [0.15, 0.2) is 11.0 Å². The third-order valence-corrected chi connectivity index (χ3v) is 4.36. The highest BCUT2D eigenvalue weighted by Crippen LogP contribution is 2.21. The number of hydrogen-bond donors (Lipinski definition) is 1. The van der Waals surface area contributed by atoms with E-state index in [9.17, 15) is 4.79 Å². The summed E-state index contributed by atoms with van der Waals surface area (Å²) in [6.45, 7) is 0. The second kappa shape index (κ2) is 6.30. The molecule has 9 heteroatoms. The molecule has 0 amide bonds. The largest absolute Gasteiger partial charge is 0.338 e. The number of hydrogen-bond acceptors (Lipinski definition) is 6. The van der Waals surface area contributed by atoms with Gasteiger partial charge in [0.05, 0.1) is 16.6 Å². The van der Waals surface area contributed by atoms with Crippen molar-refractivity contribution >= 4 is 34.4 Å². The van der Waals surface area contributed by atoms with Crippen molar-refractivity contribution in [2.24, 2.45) is 0 Å². The molecule has 1 aromatic carbocycles. The van der Waals surface area contributed by atoms with Gasteiger partial charge in [0.25, 0.3) is 5.56 Å². The van der Waals surface area contributed by atoms with Crippen LogP contribution in [0.4, 0.5) is 0 Å². The van der Waals surface area contributed by atoms with Gasteiger partial charge in [-0.05, 0) is 30.5 Å². The van der Waals surface area contributed by atoms with Crippen LogP contribution in [-0.2, 0) is 0 Å². The Kier molecular flexibility index (Phi) is 3.98. The predicted molar refractivity (Wildman–Crippen MR) is 97.3 cm³/mol. The fraction of sp³-hybridized carbons (Fsp3) is 0.0625. The first-order chi connectivity index (χ1) is 12.2. The zero-order valence-electron chi connectivity index (χ0n) is 13.0. The average molecular weight is 371 g/mol. The van der Waals surface area contributed by atoms with Gasteiger partial charge in [-0.15, -0.1) is 0 Å². The third-order valence-electron chi connectivity index (χ3n) is 3.56. The lowest BCUT2D eigenvalue weighted by Gasteiger charge is -2.05. The van der Waals surface area contributed by atoms with Crippen LogP contribution in [0.15, 0.2) is 52.7 Å². The van der Waals surface area contributed by atoms with Crippen LogP contribution in [0, 0.1) is 0 Å². The number of rotatable bonds is 3. The summed E-state index contributed by atoms with van der Waals surface area (Å²) >= 11 is 7.39. The summed E-state index contributed by atoms with van der Waals surface area (Å²) in [5.41, 5.74) is 1.57. The summed E-state index contributed by atoms with van der Waals surface area (Å²) in [5, 5.41) is 5.28. The molecule has 4 aromatic rings. The summed E-state index contributed by atoms with van der Waals surface area (Å²) in [4.78, 5) is 28.9. The first kappa shape index (κ1) is 15.8. The molecule has 0 bridgehead atoms. The number of nitrogens with zero attached hydrogens (tertiary/aromatic N) is 5. The lowest BCUT2D eigenvalue weighted by Crippen LogP contribution is -2.23. The molecule has 4 rings (SSSR count). The molecule has 0 fully saturated rings. The highest BCUT2D eigenvalue weighted by atomic mass is 35.5. The van der Waals surface area contributed by atoms with E-state index in [0.717, 1.165) is 11.0 Å². The second-order valence-electron chi connectivity index (χ2n) is 5.11. The number of imidazole rings is 1. The van der Waals surface area contributed by atoms with Crippen molar-refractivity contribution in [3.05, 3.63) is 58.1 Å². The van der Waals surface area contributed by atoms with E-state index in [1.807, 2.05) is 6.26 Å². The Morgan fingerprint density at radius 2 is 2.04 bits per heavy atom. The zero-order chi connectivity index (χ0) is 17.4. The van der Waals surface area contributed by atoms with Gasteiger partial charge in [0, 0.05) is 23.5 Å². The van der Waals surface area contributed by atoms with Crippen LogP contribution in [0.25, 0.3) is 28.2 Å². The van der Waals surface area contributed by atoms with Gasteiger partial charge in [0.1, 0.15) is 5.82 Å². The Morgan fingerprint density at radius 3 is 2.88 bits per heavy atom. The average Bonchev–Trinajstić information content (AvgIpc) is 3.04. The molecular formula is C16H11ClN6OS. The van der Waals surface area contributed by atoms with E-state index in [1.165, 1.54) is 22.6 Å². The fourth-order valence-electron chi connectivity index (χ4n) is 2.41. The molecule has 0 unspecified atom stereocenters. The van der Waals surface area contributed by atoms with Crippen molar-refractivity contribution in [2.45, 2.75) is 5.16 Å². The van der Waals surface area contributed by atoms with Crippen molar-refractivity contribution in [3.63, 3.8) is 0 Å². The Morgan fingerprint density at radius 1 is 1.16 bits per heavy atom. The number of aromatic nitrogens is 6. The minimum atomic E-state index is -0.321. The molecule has 3 heterocycles. The SMILES string of the molecule is CSc1nccc(-n2nccc(-c3nc4ccc(Cl)cc4[nH]3)c2=O)n1. The molecule has 1 N–H and O–H groups in total. The maximum absolute atomic E-state index is 12.9. The number of H-pyrrole nitrogens is 1. The van der Waals surface area contributed by atoms with Crippen LogP contribution in [0.3, 0.4) is 0 Å². The minimum Gasteiger partial charge on any atom is -0.338 e. The van der Waals surface area contributed by atoms with Gasteiger partial charge < -0.3 is 4.98 Å². The van der Waals surface area contributed by atoms with Crippen LogP contribution >= 0.6 is 23.4 Å². The predicted octanol–water partition coefficient (Wildman–Crippen LogP) is 2.94. The number of fused-ring (bicyclic) bond motifs is 1. The minimum absolute atomic E-state index is 0.321. The van der Waals surface area contributed by atoms with Gasteiger partial charge in [-0.25, -0.2) is 15.0 Å². The maximum atomic E-state index is 12.9. The van der Waals surface area contributed by atoms with Crippen LogP contribution in [0.2, 0.25) is 5.02 Å². The molecule has 124 valence electrons. The molecule has 0 saturated carbocycles. The van der Waals surface area contributed by atoms with E-state index >= 15 is 0 Å². The van der Waals surface area contributed by atoms with E-state index in [-0.39, 0.29) is 5.56 Å². The number of thioether (sulfide) groups is 1. The fourth-order valence-corrected chi connectivity index (χ4v) is 2.94. The van der Waals surface area contributed by atoms with Crippen molar-refractivity contribution in [1.29, 1.82) is 0 Å². The Balaban J connectivity index is 1.87. The van der Waals surface area contributed by atoms with Gasteiger partial charge in [-0.1, -0.05) is 23.4 Å². The third kappa shape index (κ3) is 2.90. The number of halogens is 1. The molecule has 25 heavy (non-hydrogen) atoms. The topological polar surface area (TPSA) is 89.4 Å². The summed E-state index contributed by atoms with van der Waals surface area (Å²) in [5.74, 6) is 0.864. The number of aromatic amines is 1. The zero-order valence-corrected chi connectivity index (χ0v) is 14.5. The van der Waals surface area contributed by atoms with Crippen LogP contribution in [0.1, 0.15) is 0 Å².